The van der Waals surface area contributed by atoms with Gasteiger partial charge in [0.05, 0.1) is 0 Å². The Morgan fingerprint density at radius 2 is 2.05 bits per heavy atom. The number of hydrogen-bond donors (Lipinski definition) is 3. The second kappa shape index (κ2) is 6.72. The zero-order valence-electron chi connectivity index (χ0n) is 11.2. The van der Waals surface area contributed by atoms with Crippen molar-refractivity contribution in [3.8, 4) is 0 Å². The number of rotatable bonds is 4. The Bertz CT molecular complexity index is 477. The molecule has 1 atom stereocenters. The van der Waals surface area contributed by atoms with Crippen molar-refractivity contribution in [2.75, 3.05) is 11.9 Å². The molecule has 1 rings (SSSR count). The molecule has 3 amide bonds. The molecule has 0 saturated heterocycles. The van der Waals surface area contributed by atoms with Gasteiger partial charge in [-0.25, -0.2) is 9.18 Å². The molecule has 0 saturated carbocycles. The zero-order valence-corrected chi connectivity index (χ0v) is 11.2. The normalized spacial score (nSPS) is 11.6. The molecule has 0 aromatic heterocycles. The van der Waals surface area contributed by atoms with Crippen LogP contribution in [0.4, 0.5) is 14.9 Å². The fourth-order valence-electron chi connectivity index (χ4n) is 1.47. The van der Waals surface area contributed by atoms with Gasteiger partial charge in [0.25, 0.3) is 0 Å². The molecule has 1 aromatic carbocycles. The van der Waals surface area contributed by atoms with Crippen LogP contribution in [0.5, 0.6) is 0 Å². The van der Waals surface area contributed by atoms with Crippen LogP contribution in [0.15, 0.2) is 18.2 Å². The quantitative estimate of drug-likeness (QED) is 0.778. The smallest absolute Gasteiger partial charge is 0.321 e. The highest BCUT2D eigenvalue weighted by atomic mass is 19.1. The molecule has 19 heavy (non-hydrogen) atoms. The first-order chi connectivity index (χ1) is 8.93. The van der Waals surface area contributed by atoms with Crippen LogP contribution in [0.3, 0.4) is 0 Å². The Morgan fingerprint density at radius 1 is 1.37 bits per heavy atom. The summed E-state index contributed by atoms with van der Waals surface area (Å²) in [6.45, 7) is 5.58. The summed E-state index contributed by atoms with van der Waals surface area (Å²) in [5.74, 6) is -0.862. The summed E-state index contributed by atoms with van der Waals surface area (Å²) in [5, 5.41) is 7.51. The molecule has 5 nitrogen and oxygen atoms in total. The van der Waals surface area contributed by atoms with Gasteiger partial charge in [0.2, 0.25) is 5.91 Å². The lowest BCUT2D eigenvalue weighted by molar-refractivity contribution is -0.120. The first-order valence-electron chi connectivity index (χ1n) is 6.05. The van der Waals surface area contributed by atoms with Crippen LogP contribution in [0.1, 0.15) is 19.4 Å². The summed E-state index contributed by atoms with van der Waals surface area (Å²) >= 11 is 0. The number of aryl methyl sites for hydroxylation is 1. The molecule has 0 aliphatic heterocycles. The van der Waals surface area contributed by atoms with Crippen LogP contribution < -0.4 is 16.0 Å². The van der Waals surface area contributed by atoms with E-state index in [2.05, 4.69) is 16.0 Å². The largest absolute Gasteiger partial charge is 0.374 e. The minimum atomic E-state index is -0.650. The van der Waals surface area contributed by atoms with E-state index in [9.17, 15) is 14.0 Å². The highest BCUT2D eigenvalue weighted by Gasteiger charge is 2.16. The Labute approximate surface area is 111 Å². The summed E-state index contributed by atoms with van der Waals surface area (Å²) in [5.41, 5.74) is 1.35. The summed E-state index contributed by atoms with van der Waals surface area (Å²) in [7, 11) is 0. The Balaban J connectivity index is 2.63. The number of hydrogen-bond acceptors (Lipinski definition) is 3. The van der Waals surface area contributed by atoms with E-state index in [1.54, 1.807) is 26.8 Å². The second-order valence-corrected chi connectivity index (χ2v) is 4.17. The minimum absolute atomic E-state index is 0.385. The molecule has 0 spiro atoms. The number of benzene rings is 1. The lowest BCUT2D eigenvalue weighted by atomic mass is 10.1. The molecule has 0 aliphatic carbocycles. The van der Waals surface area contributed by atoms with Crippen LogP contribution in [0.25, 0.3) is 0 Å². The Morgan fingerprint density at radius 3 is 2.68 bits per heavy atom. The van der Waals surface area contributed by atoms with Gasteiger partial charge in [0.15, 0.2) is 0 Å². The first kappa shape index (κ1) is 14.9. The van der Waals surface area contributed by atoms with E-state index in [4.69, 9.17) is 0 Å². The average Bonchev–Trinajstić information content (AvgIpc) is 2.34. The Kier molecular flexibility index (Phi) is 5.29. The monoisotopic (exact) mass is 267 g/mol. The summed E-state index contributed by atoms with van der Waals surface area (Å²) in [4.78, 5) is 22.9. The fourth-order valence-corrected chi connectivity index (χ4v) is 1.47. The summed E-state index contributed by atoms with van der Waals surface area (Å²) < 4.78 is 13.1. The number of amides is 3. The van der Waals surface area contributed by atoms with E-state index >= 15 is 0 Å². The Hall–Kier alpha value is -2.11. The molecule has 104 valence electrons. The molecule has 0 bridgehead atoms. The molecular formula is C13H18FN3O2. The van der Waals surface area contributed by atoms with Crippen molar-refractivity contribution in [1.29, 1.82) is 0 Å². The van der Waals surface area contributed by atoms with Crippen molar-refractivity contribution in [1.82, 2.24) is 10.6 Å². The van der Waals surface area contributed by atoms with E-state index in [1.807, 2.05) is 0 Å². The maximum Gasteiger partial charge on any atom is 0.321 e. The fraction of sp³-hybridized carbons (Fsp3) is 0.385. The van der Waals surface area contributed by atoms with Gasteiger partial charge in [0, 0.05) is 12.2 Å². The number of anilines is 1. The molecule has 0 aliphatic rings. The standard InChI is InChI=1S/C13H18FN3O2/c1-4-15-13(19)17-12(18)9(3)16-11-7-10(14)6-5-8(11)2/h5-7,9,16H,4H2,1-3H3,(H2,15,17,18,19). The van der Waals surface area contributed by atoms with Gasteiger partial charge in [-0.05, 0) is 38.5 Å². The van der Waals surface area contributed by atoms with Crippen molar-refractivity contribution < 1.29 is 14.0 Å². The van der Waals surface area contributed by atoms with E-state index in [1.165, 1.54) is 12.1 Å². The lowest BCUT2D eigenvalue weighted by Gasteiger charge is -2.16. The van der Waals surface area contributed by atoms with Crippen molar-refractivity contribution in [3.05, 3.63) is 29.6 Å². The summed E-state index contributed by atoms with van der Waals surface area (Å²) in [6.07, 6.45) is 0. The number of carbonyl (C=O) groups excluding carboxylic acids is 2. The third-order valence-electron chi connectivity index (χ3n) is 2.54. The number of imide groups is 1. The highest BCUT2D eigenvalue weighted by molar-refractivity contribution is 5.98. The molecule has 0 fully saturated rings. The zero-order chi connectivity index (χ0) is 14.4. The highest BCUT2D eigenvalue weighted by Crippen LogP contribution is 2.16. The maximum absolute atomic E-state index is 13.1. The SMILES string of the molecule is CCNC(=O)NC(=O)C(C)Nc1cc(F)ccc1C. The van der Waals surface area contributed by atoms with Crippen molar-refractivity contribution in [2.24, 2.45) is 0 Å². The number of carbonyl (C=O) groups is 2. The van der Waals surface area contributed by atoms with Gasteiger partial charge in [-0.3, -0.25) is 10.1 Å². The third kappa shape index (κ3) is 4.57. The predicted octanol–water partition coefficient (Wildman–Crippen LogP) is 1.78. The number of urea groups is 1. The maximum atomic E-state index is 13.1. The molecule has 6 heteroatoms. The molecule has 0 heterocycles. The molecule has 1 aromatic rings. The minimum Gasteiger partial charge on any atom is -0.374 e. The van der Waals surface area contributed by atoms with E-state index in [0.29, 0.717) is 12.2 Å². The topological polar surface area (TPSA) is 70.2 Å². The molecule has 0 radical (unpaired) electrons. The first-order valence-corrected chi connectivity index (χ1v) is 6.05. The van der Waals surface area contributed by atoms with Gasteiger partial charge in [-0.1, -0.05) is 6.07 Å². The average molecular weight is 267 g/mol. The van der Waals surface area contributed by atoms with Crippen LogP contribution in [0.2, 0.25) is 0 Å². The van der Waals surface area contributed by atoms with Gasteiger partial charge in [-0.15, -0.1) is 0 Å². The van der Waals surface area contributed by atoms with Crippen LogP contribution in [0, 0.1) is 12.7 Å². The molecule has 1 unspecified atom stereocenters. The predicted molar refractivity (Wildman–Crippen MR) is 71.4 cm³/mol. The van der Waals surface area contributed by atoms with Gasteiger partial charge in [-0.2, -0.15) is 0 Å². The van der Waals surface area contributed by atoms with E-state index in [-0.39, 0.29) is 5.82 Å². The van der Waals surface area contributed by atoms with Crippen molar-refractivity contribution in [2.45, 2.75) is 26.8 Å². The summed E-state index contributed by atoms with van der Waals surface area (Å²) in [6, 6.07) is 3.08. The van der Waals surface area contributed by atoms with E-state index in [0.717, 1.165) is 5.56 Å². The van der Waals surface area contributed by atoms with Gasteiger partial charge < -0.3 is 10.6 Å². The lowest BCUT2D eigenvalue weighted by Crippen LogP contribution is -2.45. The van der Waals surface area contributed by atoms with Crippen LogP contribution in [-0.4, -0.2) is 24.5 Å². The van der Waals surface area contributed by atoms with Gasteiger partial charge >= 0.3 is 6.03 Å². The number of nitrogens with one attached hydrogen (secondary N) is 3. The van der Waals surface area contributed by atoms with Crippen molar-refractivity contribution in [3.63, 3.8) is 0 Å². The van der Waals surface area contributed by atoms with Gasteiger partial charge in [0.1, 0.15) is 11.9 Å². The third-order valence-corrected chi connectivity index (χ3v) is 2.54. The van der Waals surface area contributed by atoms with E-state index < -0.39 is 18.0 Å². The number of halogens is 1. The van der Waals surface area contributed by atoms with Crippen LogP contribution in [-0.2, 0) is 4.79 Å². The van der Waals surface area contributed by atoms with Crippen LogP contribution >= 0.6 is 0 Å². The van der Waals surface area contributed by atoms with Crippen molar-refractivity contribution >= 4 is 17.6 Å². The molecular weight excluding hydrogens is 249 g/mol. The second-order valence-electron chi connectivity index (χ2n) is 4.17. The molecule has 3 N–H and O–H groups in total.